The number of nitrogens with zero attached hydrogens (tertiary/aromatic N) is 2. The monoisotopic (exact) mass is 402 g/mol. The average Bonchev–Trinajstić information content (AvgIpc) is 3.00. The average molecular weight is 403 g/mol. The van der Waals surface area contributed by atoms with E-state index in [-0.39, 0.29) is 12.6 Å². The van der Waals surface area contributed by atoms with Crippen molar-refractivity contribution in [1.29, 1.82) is 0 Å². The molecule has 6 nitrogen and oxygen atoms in total. The van der Waals surface area contributed by atoms with Crippen molar-refractivity contribution in [2.75, 3.05) is 26.0 Å². The Morgan fingerprint density at radius 3 is 2.14 bits per heavy atom. The zero-order chi connectivity index (χ0) is 19.7. The van der Waals surface area contributed by atoms with E-state index in [0.29, 0.717) is 32.6 Å². The molecule has 4 rings (SSSR count). The van der Waals surface area contributed by atoms with Crippen LogP contribution >= 0.6 is 0 Å². The molecule has 1 fully saturated rings. The van der Waals surface area contributed by atoms with Gasteiger partial charge in [0.05, 0.1) is 18.9 Å². The lowest BCUT2D eigenvalue weighted by Crippen LogP contribution is -2.47. The van der Waals surface area contributed by atoms with E-state index in [1.807, 2.05) is 36.4 Å². The molecular formula is C21H26N2O4S. The fourth-order valence-electron chi connectivity index (χ4n) is 4.20. The summed E-state index contributed by atoms with van der Waals surface area (Å²) in [5.74, 6) is 0. The Morgan fingerprint density at radius 1 is 1.07 bits per heavy atom. The standard InChI is InChI=1S/C21H26N2O4S/c1-28(25,26)23(16-10-12-27-13-11-16)15-17(24)14-22-20-8-4-2-6-18(20)19-7-3-5-9-21(19)22/h2-9,16-17,24H,10-15H2,1H3. The lowest BCUT2D eigenvalue weighted by Gasteiger charge is -2.33. The molecule has 0 aliphatic carbocycles. The summed E-state index contributed by atoms with van der Waals surface area (Å²) in [5, 5.41) is 13.1. The van der Waals surface area contributed by atoms with Crippen molar-refractivity contribution in [3.8, 4) is 0 Å². The van der Waals surface area contributed by atoms with Gasteiger partial charge in [0, 0.05) is 47.6 Å². The molecule has 1 atom stereocenters. The molecule has 0 saturated carbocycles. The molecule has 150 valence electrons. The summed E-state index contributed by atoms with van der Waals surface area (Å²) in [5.41, 5.74) is 2.08. The van der Waals surface area contributed by atoms with Crippen molar-refractivity contribution in [3.63, 3.8) is 0 Å². The van der Waals surface area contributed by atoms with Crippen molar-refractivity contribution in [1.82, 2.24) is 8.87 Å². The predicted molar refractivity (Wildman–Crippen MR) is 111 cm³/mol. The Morgan fingerprint density at radius 2 is 1.61 bits per heavy atom. The number of fused-ring (bicyclic) bond motifs is 3. The van der Waals surface area contributed by atoms with Crippen molar-refractivity contribution >= 4 is 31.8 Å². The number of ether oxygens (including phenoxy) is 1. The van der Waals surface area contributed by atoms with E-state index in [1.165, 1.54) is 10.6 Å². The second-order valence-electron chi connectivity index (χ2n) is 7.47. The Bertz CT molecular complexity index is 1020. The molecule has 1 aliphatic heterocycles. The van der Waals surface area contributed by atoms with Crippen LogP contribution in [-0.2, 0) is 21.3 Å². The highest BCUT2D eigenvalue weighted by Crippen LogP contribution is 2.29. The Kier molecular flexibility index (Phi) is 5.42. The number of benzene rings is 2. The first kappa shape index (κ1) is 19.4. The fourth-order valence-corrected chi connectivity index (χ4v) is 5.40. The van der Waals surface area contributed by atoms with E-state index < -0.39 is 16.1 Å². The highest BCUT2D eigenvalue weighted by atomic mass is 32.2. The maximum Gasteiger partial charge on any atom is 0.211 e. The molecule has 0 bridgehead atoms. The molecule has 1 unspecified atom stereocenters. The largest absolute Gasteiger partial charge is 0.390 e. The van der Waals surface area contributed by atoms with Crippen LogP contribution in [0.5, 0.6) is 0 Å². The number of sulfonamides is 1. The molecule has 1 N–H and O–H groups in total. The van der Waals surface area contributed by atoms with Crippen LogP contribution in [0.3, 0.4) is 0 Å². The second-order valence-corrected chi connectivity index (χ2v) is 9.41. The van der Waals surface area contributed by atoms with Gasteiger partial charge in [-0.3, -0.25) is 0 Å². The van der Waals surface area contributed by atoms with Gasteiger partial charge in [-0.25, -0.2) is 8.42 Å². The quantitative estimate of drug-likeness (QED) is 0.688. The summed E-state index contributed by atoms with van der Waals surface area (Å²) < 4.78 is 33.6. The molecule has 2 aromatic carbocycles. The molecule has 0 spiro atoms. The SMILES string of the molecule is CS(=O)(=O)N(CC(O)Cn1c2ccccc2c2ccccc21)C1CCOCC1. The van der Waals surface area contributed by atoms with Crippen LogP contribution in [-0.4, -0.2) is 60.6 Å². The first-order chi connectivity index (χ1) is 13.4. The van der Waals surface area contributed by atoms with Crippen LogP contribution < -0.4 is 0 Å². The third kappa shape index (κ3) is 3.80. The molecule has 2 heterocycles. The molecule has 1 saturated heterocycles. The third-order valence-electron chi connectivity index (χ3n) is 5.49. The minimum absolute atomic E-state index is 0.0876. The summed E-state index contributed by atoms with van der Waals surface area (Å²) >= 11 is 0. The van der Waals surface area contributed by atoms with Crippen molar-refractivity contribution in [3.05, 3.63) is 48.5 Å². The van der Waals surface area contributed by atoms with E-state index in [9.17, 15) is 13.5 Å². The van der Waals surface area contributed by atoms with Crippen LogP contribution in [0.15, 0.2) is 48.5 Å². The van der Waals surface area contributed by atoms with Gasteiger partial charge in [0.25, 0.3) is 0 Å². The Balaban J connectivity index is 1.63. The maximum atomic E-state index is 12.4. The summed E-state index contributed by atoms with van der Waals surface area (Å²) in [4.78, 5) is 0. The number of para-hydroxylation sites is 2. The summed E-state index contributed by atoms with van der Waals surface area (Å²) in [6.07, 6.45) is 1.73. The van der Waals surface area contributed by atoms with E-state index in [4.69, 9.17) is 4.74 Å². The fraction of sp³-hybridized carbons (Fsp3) is 0.429. The van der Waals surface area contributed by atoms with Crippen LogP contribution in [0.2, 0.25) is 0 Å². The zero-order valence-corrected chi connectivity index (χ0v) is 16.8. The summed E-state index contributed by atoms with van der Waals surface area (Å²) in [7, 11) is -3.41. The topological polar surface area (TPSA) is 71.8 Å². The smallest absolute Gasteiger partial charge is 0.211 e. The number of hydrogen-bond donors (Lipinski definition) is 1. The van der Waals surface area contributed by atoms with Gasteiger partial charge in [-0.05, 0) is 25.0 Å². The zero-order valence-electron chi connectivity index (χ0n) is 16.0. The van der Waals surface area contributed by atoms with Crippen LogP contribution in [0.25, 0.3) is 21.8 Å². The molecule has 0 amide bonds. The predicted octanol–water partition coefficient (Wildman–Crippen LogP) is 2.60. The highest BCUT2D eigenvalue weighted by Gasteiger charge is 2.30. The van der Waals surface area contributed by atoms with Gasteiger partial charge in [0.1, 0.15) is 0 Å². The van der Waals surface area contributed by atoms with Crippen molar-refractivity contribution in [2.45, 2.75) is 31.5 Å². The molecule has 0 radical (unpaired) electrons. The van der Waals surface area contributed by atoms with Gasteiger partial charge < -0.3 is 14.4 Å². The van der Waals surface area contributed by atoms with Gasteiger partial charge in [0.15, 0.2) is 0 Å². The highest BCUT2D eigenvalue weighted by molar-refractivity contribution is 7.88. The first-order valence-corrected chi connectivity index (χ1v) is 11.5. The molecule has 1 aliphatic rings. The Hall–Kier alpha value is -1.93. The van der Waals surface area contributed by atoms with Crippen molar-refractivity contribution < 1.29 is 18.3 Å². The molecule has 3 aromatic rings. The van der Waals surface area contributed by atoms with Gasteiger partial charge in [-0.2, -0.15) is 4.31 Å². The van der Waals surface area contributed by atoms with E-state index in [0.717, 1.165) is 21.8 Å². The van der Waals surface area contributed by atoms with E-state index in [1.54, 1.807) is 0 Å². The van der Waals surface area contributed by atoms with Gasteiger partial charge >= 0.3 is 0 Å². The van der Waals surface area contributed by atoms with Crippen LogP contribution in [0.1, 0.15) is 12.8 Å². The lowest BCUT2D eigenvalue weighted by atomic mass is 10.1. The van der Waals surface area contributed by atoms with E-state index >= 15 is 0 Å². The molecule has 7 heteroatoms. The number of aliphatic hydroxyl groups excluding tert-OH is 1. The maximum absolute atomic E-state index is 12.4. The van der Waals surface area contributed by atoms with E-state index in [2.05, 4.69) is 16.7 Å². The van der Waals surface area contributed by atoms with Crippen LogP contribution in [0.4, 0.5) is 0 Å². The second kappa shape index (κ2) is 7.83. The molecular weight excluding hydrogens is 376 g/mol. The van der Waals surface area contributed by atoms with Gasteiger partial charge in [-0.15, -0.1) is 0 Å². The minimum atomic E-state index is -3.41. The number of rotatable bonds is 6. The number of hydrogen-bond acceptors (Lipinski definition) is 4. The third-order valence-corrected chi connectivity index (χ3v) is 6.79. The summed E-state index contributed by atoms with van der Waals surface area (Å²) in [6, 6.07) is 16.1. The van der Waals surface area contributed by atoms with Crippen LogP contribution in [0, 0.1) is 0 Å². The van der Waals surface area contributed by atoms with Gasteiger partial charge in [-0.1, -0.05) is 36.4 Å². The molecule has 28 heavy (non-hydrogen) atoms. The first-order valence-electron chi connectivity index (χ1n) is 9.64. The van der Waals surface area contributed by atoms with Crippen molar-refractivity contribution in [2.24, 2.45) is 0 Å². The minimum Gasteiger partial charge on any atom is -0.390 e. The number of aliphatic hydroxyl groups is 1. The Labute approximate surface area is 165 Å². The summed E-state index contributed by atoms with van der Waals surface area (Å²) in [6.45, 7) is 1.53. The lowest BCUT2D eigenvalue weighted by molar-refractivity contribution is 0.0436. The normalized spacial score (nSPS) is 17.5. The number of aromatic nitrogens is 1. The molecule has 1 aromatic heterocycles. The van der Waals surface area contributed by atoms with Gasteiger partial charge in [0.2, 0.25) is 10.0 Å².